The van der Waals surface area contributed by atoms with Crippen molar-refractivity contribution in [2.45, 2.75) is 25.4 Å². The van der Waals surface area contributed by atoms with Crippen LogP contribution in [0, 0.1) is 11.8 Å². The first-order chi connectivity index (χ1) is 17.8. The molecule has 1 saturated carbocycles. The largest absolute Gasteiger partial charge is 0.489 e. The van der Waals surface area contributed by atoms with Gasteiger partial charge in [0.2, 0.25) is 0 Å². The van der Waals surface area contributed by atoms with Gasteiger partial charge in [-0.25, -0.2) is 4.79 Å². The van der Waals surface area contributed by atoms with E-state index in [-0.39, 0.29) is 17.2 Å². The molecule has 3 aromatic carbocycles. The van der Waals surface area contributed by atoms with Crippen molar-refractivity contribution < 1.29 is 19.2 Å². The molecule has 0 bridgehead atoms. The van der Waals surface area contributed by atoms with Crippen LogP contribution in [0.2, 0.25) is 20.1 Å². The number of nitrogens with zero attached hydrogens (tertiary/aromatic N) is 1. The van der Waals surface area contributed by atoms with E-state index in [0.717, 1.165) is 24.2 Å². The minimum atomic E-state index is -1.08. The number of benzene rings is 3. The minimum Gasteiger partial charge on any atom is -0.489 e. The van der Waals surface area contributed by atoms with Crippen molar-refractivity contribution in [1.29, 1.82) is 0 Å². The molecule has 0 unspecified atom stereocenters. The van der Waals surface area contributed by atoms with Crippen LogP contribution in [0.3, 0.4) is 0 Å². The second-order valence-corrected chi connectivity index (χ2v) is 10.1. The molecule has 0 atom stereocenters. The molecular formula is C28H17Cl4NO4. The third-order valence-corrected chi connectivity index (χ3v) is 6.94. The molecule has 1 heterocycles. The van der Waals surface area contributed by atoms with Gasteiger partial charge in [-0.2, -0.15) is 0 Å². The van der Waals surface area contributed by atoms with Gasteiger partial charge in [-0.15, -0.1) is 0 Å². The van der Waals surface area contributed by atoms with E-state index in [1.807, 2.05) is 0 Å². The topological polar surface area (TPSA) is 72.6 Å². The summed E-state index contributed by atoms with van der Waals surface area (Å²) in [4.78, 5) is 11.2. The highest BCUT2D eigenvalue weighted by Gasteiger charge is 2.33. The van der Waals surface area contributed by atoms with Gasteiger partial charge in [-0.3, -0.25) is 0 Å². The number of aromatic carboxylic acids is 1. The molecule has 0 aliphatic heterocycles. The third kappa shape index (κ3) is 5.74. The Labute approximate surface area is 232 Å². The quantitative estimate of drug-likeness (QED) is 0.234. The number of carbonyl (C=O) groups is 1. The van der Waals surface area contributed by atoms with E-state index in [1.165, 1.54) is 12.1 Å². The van der Waals surface area contributed by atoms with Gasteiger partial charge in [-0.1, -0.05) is 69.5 Å². The first kappa shape index (κ1) is 25.5. The van der Waals surface area contributed by atoms with Gasteiger partial charge in [0.25, 0.3) is 0 Å². The fourth-order valence-corrected chi connectivity index (χ4v) is 4.84. The molecule has 1 fully saturated rings. The molecule has 1 aromatic heterocycles. The second kappa shape index (κ2) is 10.7. The standard InChI is InChI=1S/C28H17Cl4NO4/c29-19-11-15(10-18(12-19)28(34)35)4-5-16-8-9-20(13-24(16)32)36-14-21-26(33-37-27(21)17-6-7-17)25-22(30)2-1-3-23(25)31/h1-3,8-13,17H,6-7,14H2,(H,34,35). The summed E-state index contributed by atoms with van der Waals surface area (Å²) >= 11 is 25.3. The minimum absolute atomic E-state index is 0.0587. The van der Waals surface area contributed by atoms with E-state index >= 15 is 0 Å². The Morgan fingerprint density at radius 1 is 1.00 bits per heavy atom. The van der Waals surface area contributed by atoms with E-state index in [9.17, 15) is 9.90 Å². The summed E-state index contributed by atoms with van der Waals surface area (Å²) in [6.45, 7) is 0.189. The molecule has 5 nitrogen and oxygen atoms in total. The average molecular weight is 573 g/mol. The number of ether oxygens (including phenoxy) is 1. The summed E-state index contributed by atoms with van der Waals surface area (Å²) in [7, 11) is 0. The lowest BCUT2D eigenvalue weighted by Crippen LogP contribution is -2.00. The Bertz CT molecular complexity index is 1560. The van der Waals surface area contributed by atoms with E-state index in [4.69, 9.17) is 55.7 Å². The molecule has 1 aliphatic carbocycles. The van der Waals surface area contributed by atoms with Crippen LogP contribution >= 0.6 is 46.4 Å². The van der Waals surface area contributed by atoms with Crippen molar-refractivity contribution in [2.24, 2.45) is 0 Å². The Balaban J connectivity index is 1.38. The van der Waals surface area contributed by atoms with Crippen LogP contribution < -0.4 is 4.74 Å². The maximum Gasteiger partial charge on any atom is 0.335 e. The number of hydrogen-bond donors (Lipinski definition) is 1. The predicted octanol–water partition coefficient (Wildman–Crippen LogP) is 8.51. The SMILES string of the molecule is O=C(O)c1cc(Cl)cc(C#Cc2ccc(OCc3c(-c4c(Cl)cccc4Cl)noc3C3CC3)cc2Cl)c1. The summed E-state index contributed by atoms with van der Waals surface area (Å²) < 4.78 is 11.7. The molecule has 186 valence electrons. The van der Waals surface area contributed by atoms with Gasteiger partial charge < -0.3 is 14.4 Å². The summed E-state index contributed by atoms with van der Waals surface area (Å²) in [5, 5.41) is 15.1. The lowest BCUT2D eigenvalue weighted by molar-refractivity contribution is 0.0697. The Morgan fingerprint density at radius 3 is 2.43 bits per heavy atom. The van der Waals surface area contributed by atoms with Crippen molar-refractivity contribution in [3.8, 4) is 28.8 Å². The van der Waals surface area contributed by atoms with Crippen LogP contribution in [0.15, 0.2) is 59.1 Å². The van der Waals surface area contributed by atoms with E-state index in [1.54, 1.807) is 42.5 Å². The van der Waals surface area contributed by atoms with Crippen molar-refractivity contribution in [3.63, 3.8) is 0 Å². The monoisotopic (exact) mass is 571 g/mol. The number of hydrogen-bond acceptors (Lipinski definition) is 4. The fraction of sp³-hybridized carbons (Fsp3) is 0.143. The van der Waals surface area contributed by atoms with Crippen LogP contribution in [0.25, 0.3) is 11.3 Å². The second-order valence-electron chi connectivity index (χ2n) is 8.46. The van der Waals surface area contributed by atoms with Gasteiger partial charge in [-0.05, 0) is 55.3 Å². The highest BCUT2D eigenvalue weighted by Crippen LogP contribution is 2.46. The number of halogens is 4. The smallest absolute Gasteiger partial charge is 0.335 e. The molecule has 9 heteroatoms. The van der Waals surface area contributed by atoms with Crippen molar-refractivity contribution in [2.75, 3.05) is 0 Å². The number of carboxylic acids is 1. The molecule has 0 spiro atoms. The van der Waals surface area contributed by atoms with Gasteiger partial charge >= 0.3 is 5.97 Å². The summed E-state index contributed by atoms with van der Waals surface area (Å²) in [6.07, 6.45) is 2.05. The Kier molecular flexibility index (Phi) is 7.37. The summed E-state index contributed by atoms with van der Waals surface area (Å²) in [5.74, 6) is 6.39. The lowest BCUT2D eigenvalue weighted by Gasteiger charge is -2.10. The maximum atomic E-state index is 11.2. The molecule has 0 radical (unpaired) electrons. The molecule has 0 amide bonds. The zero-order valence-corrected chi connectivity index (χ0v) is 22.0. The maximum absolute atomic E-state index is 11.2. The molecule has 37 heavy (non-hydrogen) atoms. The molecule has 4 aromatic rings. The number of aromatic nitrogens is 1. The van der Waals surface area contributed by atoms with Crippen LogP contribution in [0.4, 0.5) is 0 Å². The van der Waals surface area contributed by atoms with Crippen molar-refractivity contribution in [1.82, 2.24) is 5.16 Å². The predicted molar refractivity (Wildman–Crippen MR) is 144 cm³/mol. The highest BCUT2D eigenvalue weighted by atomic mass is 35.5. The lowest BCUT2D eigenvalue weighted by atomic mass is 10.0. The first-order valence-electron chi connectivity index (χ1n) is 11.2. The molecule has 5 rings (SSSR count). The first-order valence-corrected chi connectivity index (χ1v) is 12.7. The molecule has 1 N–H and O–H groups in total. The van der Waals surface area contributed by atoms with Crippen molar-refractivity contribution in [3.05, 3.63) is 103 Å². The van der Waals surface area contributed by atoms with Gasteiger partial charge in [0.1, 0.15) is 23.8 Å². The van der Waals surface area contributed by atoms with Crippen LogP contribution in [0.1, 0.15) is 51.6 Å². The molecule has 0 saturated heterocycles. The highest BCUT2D eigenvalue weighted by molar-refractivity contribution is 6.39. The summed E-state index contributed by atoms with van der Waals surface area (Å²) in [6, 6.07) is 14.8. The molecule has 1 aliphatic rings. The van der Waals surface area contributed by atoms with E-state index in [2.05, 4.69) is 17.0 Å². The Morgan fingerprint density at radius 2 is 1.76 bits per heavy atom. The normalized spacial score (nSPS) is 12.6. The number of rotatable bonds is 6. The van der Waals surface area contributed by atoms with Gasteiger partial charge in [0, 0.05) is 33.7 Å². The van der Waals surface area contributed by atoms with E-state index in [0.29, 0.717) is 49.1 Å². The van der Waals surface area contributed by atoms with Crippen LogP contribution in [0.5, 0.6) is 5.75 Å². The van der Waals surface area contributed by atoms with E-state index < -0.39 is 5.97 Å². The average Bonchev–Trinajstić information content (AvgIpc) is 3.62. The van der Waals surface area contributed by atoms with Gasteiger partial charge in [0.05, 0.1) is 26.2 Å². The Hall–Kier alpha value is -3.14. The van der Waals surface area contributed by atoms with Crippen molar-refractivity contribution >= 4 is 52.4 Å². The third-order valence-electron chi connectivity index (χ3n) is 5.78. The zero-order valence-electron chi connectivity index (χ0n) is 19.0. The zero-order chi connectivity index (χ0) is 26.1. The fourth-order valence-electron chi connectivity index (χ4n) is 3.82. The van der Waals surface area contributed by atoms with Gasteiger partial charge in [0.15, 0.2) is 0 Å². The molecular weight excluding hydrogens is 556 g/mol. The van der Waals surface area contributed by atoms with Crippen LogP contribution in [-0.2, 0) is 6.61 Å². The number of carboxylic acid groups (broad SMARTS) is 1. The summed E-state index contributed by atoms with van der Waals surface area (Å²) in [5.41, 5.74) is 3.05. The van der Waals surface area contributed by atoms with Crippen LogP contribution in [-0.4, -0.2) is 16.2 Å².